The van der Waals surface area contributed by atoms with E-state index < -0.39 is 5.97 Å². The number of aryl methyl sites for hydroxylation is 4. The first-order chi connectivity index (χ1) is 27.6. The Bertz CT molecular complexity index is 1880. The molecule has 4 heterocycles. The molecule has 0 amide bonds. The van der Waals surface area contributed by atoms with E-state index in [1.165, 1.54) is 69.4 Å². The first-order valence-electron chi connectivity index (χ1n) is 20.8. The first kappa shape index (κ1) is 45.7. The molecule has 12 heteroatoms. The second-order valence-corrected chi connectivity index (χ2v) is 15.0. The van der Waals surface area contributed by atoms with Crippen molar-refractivity contribution >= 4 is 40.9 Å². The number of pyridine rings is 3. The van der Waals surface area contributed by atoms with Gasteiger partial charge in [0.25, 0.3) is 0 Å². The lowest BCUT2D eigenvalue weighted by Crippen LogP contribution is -2.33. The number of benzene rings is 1. The molecule has 0 saturated carbocycles. The summed E-state index contributed by atoms with van der Waals surface area (Å²) < 4.78 is 21.5. The van der Waals surface area contributed by atoms with Crippen LogP contribution in [0, 0.1) is 0 Å². The van der Waals surface area contributed by atoms with Gasteiger partial charge >= 0.3 is 5.97 Å². The van der Waals surface area contributed by atoms with Gasteiger partial charge in [-0.15, -0.1) is 17.5 Å². The summed E-state index contributed by atoms with van der Waals surface area (Å²) in [4.78, 5) is 20.5. The highest BCUT2D eigenvalue weighted by Crippen LogP contribution is 2.39. The van der Waals surface area contributed by atoms with Crippen LogP contribution in [0.2, 0.25) is 5.02 Å². The number of rotatable bonds is 28. The van der Waals surface area contributed by atoms with Crippen molar-refractivity contribution < 1.29 is 23.6 Å². The lowest BCUT2D eigenvalue weighted by atomic mass is 10.1. The Morgan fingerprint density at radius 3 is 2.14 bits per heavy atom. The molecular weight excluding hydrogens is 759 g/mol. The van der Waals surface area contributed by atoms with Gasteiger partial charge < -0.3 is 14.2 Å². The largest absolute Gasteiger partial charge is 0.424 e. The topological polar surface area (TPSA) is 105 Å². The van der Waals surface area contributed by atoms with Gasteiger partial charge in [0, 0.05) is 81.9 Å². The molecule has 0 radical (unpaired) electrons. The summed E-state index contributed by atoms with van der Waals surface area (Å²) in [6.07, 6.45) is 30.4. The standard InChI is InChI=1S/C45H60ClN6O4.ClH/c1-37(53)56-45-41(33-42(46)40-23-15-25-48-44(40)45)43-36-52(50-49-43)28-11-7-3-5-9-13-30-55-32-18-22-39-20-16-27-51(35-39)26-10-6-2-4-8-12-29-54-31-17-21-38-19-14-24-47-34-38;/h14-16,19-20,23-25,27,33-36H,2-13,17-18,21-22,26,28-32H2,1H3;1H/q+1;. The van der Waals surface area contributed by atoms with E-state index in [4.69, 9.17) is 25.8 Å². The van der Waals surface area contributed by atoms with Crippen LogP contribution in [0.4, 0.5) is 0 Å². The Morgan fingerprint density at radius 2 is 1.42 bits per heavy atom. The van der Waals surface area contributed by atoms with Crippen LogP contribution in [0.25, 0.3) is 22.2 Å². The van der Waals surface area contributed by atoms with Gasteiger partial charge in [0.1, 0.15) is 17.8 Å². The van der Waals surface area contributed by atoms with Gasteiger partial charge in [-0.3, -0.25) is 19.4 Å². The number of carbonyl (C=O) groups is 1. The zero-order valence-electron chi connectivity index (χ0n) is 33.7. The third-order valence-electron chi connectivity index (χ3n) is 9.89. The molecule has 0 spiro atoms. The molecule has 57 heavy (non-hydrogen) atoms. The third-order valence-corrected chi connectivity index (χ3v) is 10.2. The Hall–Kier alpha value is -3.96. The fourth-order valence-corrected chi connectivity index (χ4v) is 7.17. The number of ether oxygens (including phenoxy) is 3. The Labute approximate surface area is 350 Å². The Kier molecular flexibility index (Phi) is 21.6. The van der Waals surface area contributed by atoms with Gasteiger partial charge in [-0.1, -0.05) is 67.8 Å². The quantitative estimate of drug-likeness (QED) is 0.0213. The van der Waals surface area contributed by atoms with Gasteiger partial charge in [0.2, 0.25) is 0 Å². The Morgan fingerprint density at radius 1 is 0.772 bits per heavy atom. The average Bonchev–Trinajstić information content (AvgIpc) is 3.69. The molecule has 4 aromatic heterocycles. The summed E-state index contributed by atoms with van der Waals surface area (Å²) in [5, 5.41) is 9.89. The normalized spacial score (nSPS) is 11.2. The smallest absolute Gasteiger partial charge is 0.308 e. The third kappa shape index (κ3) is 16.8. The average molecular weight is 821 g/mol. The molecule has 5 aromatic rings. The number of hydrogen-bond acceptors (Lipinski definition) is 8. The van der Waals surface area contributed by atoms with Gasteiger partial charge in [-0.25, -0.2) is 4.57 Å². The highest BCUT2D eigenvalue weighted by molar-refractivity contribution is 6.36. The summed E-state index contributed by atoms with van der Waals surface area (Å²) in [5.74, 6) is -0.0796. The van der Waals surface area contributed by atoms with Crippen molar-refractivity contribution in [2.24, 2.45) is 0 Å². The zero-order chi connectivity index (χ0) is 39.0. The van der Waals surface area contributed by atoms with Crippen LogP contribution in [0.5, 0.6) is 5.75 Å². The van der Waals surface area contributed by atoms with E-state index >= 15 is 0 Å². The summed E-state index contributed by atoms with van der Waals surface area (Å²) in [6.45, 7) is 6.60. The van der Waals surface area contributed by atoms with Gasteiger partial charge in [0.15, 0.2) is 18.1 Å². The number of aromatic nitrogens is 6. The van der Waals surface area contributed by atoms with E-state index in [1.807, 2.05) is 35.4 Å². The number of unbranched alkanes of at least 4 members (excludes halogenated alkanes) is 10. The number of nitrogens with zero attached hydrogens (tertiary/aromatic N) is 6. The number of carbonyl (C=O) groups excluding carboxylic acids is 1. The SMILES string of the molecule is CC(=O)Oc1c(-c2cn(CCCCCCCCOCCCc3ccc[n+](CCCCCCCCOCCCc4cccnc4)c3)nn2)cc(Cl)c2cccnc12.Cl. The van der Waals surface area contributed by atoms with Crippen molar-refractivity contribution in [2.75, 3.05) is 26.4 Å². The fourth-order valence-electron chi connectivity index (χ4n) is 6.91. The fraction of sp³-hybridized carbons (Fsp3) is 0.511. The number of esters is 1. The summed E-state index contributed by atoms with van der Waals surface area (Å²) in [6, 6.07) is 14.0. The lowest BCUT2D eigenvalue weighted by Gasteiger charge is -2.11. The van der Waals surface area contributed by atoms with Crippen molar-refractivity contribution in [3.63, 3.8) is 0 Å². The maximum atomic E-state index is 11.9. The van der Waals surface area contributed by atoms with Crippen molar-refractivity contribution in [2.45, 2.75) is 123 Å². The molecule has 0 atom stereocenters. The summed E-state index contributed by atoms with van der Waals surface area (Å²) >= 11 is 6.54. The van der Waals surface area contributed by atoms with E-state index in [2.05, 4.69) is 55.4 Å². The highest BCUT2D eigenvalue weighted by Gasteiger charge is 2.19. The molecule has 0 bridgehead atoms. The molecule has 0 unspecified atom stereocenters. The summed E-state index contributed by atoms with van der Waals surface area (Å²) in [7, 11) is 0. The number of fused-ring (bicyclic) bond motifs is 1. The van der Waals surface area contributed by atoms with Crippen LogP contribution in [-0.4, -0.2) is 57.4 Å². The van der Waals surface area contributed by atoms with Crippen LogP contribution in [0.3, 0.4) is 0 Å². The van der Waals surface area contributed by atoms with E-state index in [0.29, 0.717) is 27.5 Å². The van der Waals surface area contributed by atoms with Crippen molar-refractivity contribution in [3.8, 4) is 17.0 Å². The molecule has 0 aliphatic heterocycles. The minimum Gasteiger partial charge on any atom is -0.424 e. The maximum absolute atomic E-state index is 11.9. The van der Waals surface area contributed by atoms with E-state index in [1.54, 1.807) is 18.3 Å². The van der Waals surface area contributed by atoms with E-state index in [9.17, 15) is 4.79 Å². The lowest BCUT2D eigenvalue weighted by molar-refractivity contribution is -0.697. The molecule has 0 saturated heterocycles. The zero-order valence-corrected chi connectivity index (χ0v) is 35.2. The predicted octanol–water partition coefficient (Wildman–Crippen LogP) is 10.2. The van der Waals surface area contributed by atoms with E-state index in [0.717, 1.165) is 96.3 Å². The van der Waals surface area contributed by atoms with Crippen LogP contribution in [-0.2, 0) is 40.2 Å². The number of halogens is 2. The predicted molar refractivity (Wildman–Crippen MR) is 229 cm³/mol. The van der Waals surface area contributed by atoms with Gasteiger partial charge in [-0.2, -0.15) is 0 Å². The molecule has 0 aliphatic carbocycles. The second kappa shape index (κ2) is 26.9. The highest BCUT2D eigenvalue weighted by atomic mass is 35.5. The van der Waals surface area contributed by atoms with Crippen LogP contribution >= 0.6 is 24.0 Å². The minimum atomic E-state index is -0.430. The second-order valence-electron chi connectivity index (χ2n) is 14.6. The maximum Gasteiger partial charge on any atom is 0.308 e. The van der Waals surface area contributed by atoms with Crippen molar-refractivity contribution in [3.05, 3.63) is 95.8 Å². The summed E-state index contributed by atoms with van der Waals surface area (Å²) in [5.41, 5.74) is 4.40. The van der Waals surface area contributed by atoms with Gasteiger partial charge in [0.05, 0.1) is 16.8 Å². The monoisotopic (exact) mass is 819 g/mol. The first-order valence-corrected chi connectivity index (χ1v) is 21.1. The van der Waals surface area contributed by atoms with Crippen LogP contribution < -0.4 is 9.30 Å². The van der Waals surface area contributed by atoms with E-state index in [-0.39, 0.29) is 12.4 Å². The Balaban J connectivity index is 0.00000720. The van der Waals surface area contributed by atoms with Crippen molar-refractivity contribution in [1.82, 2.24) is 25.0 Å². The molecule has 1 aromatic carbocycles. The minimum absolute atomic E-state index is 0. The molecular formula is C45H61Cl2N6O4+. The molecule has 0 aliphatic rings. The molecule has 5 rings (SSSR count). The van der Waals surface area contributed by atoms with Gasteiger partial charge in [-0.05, 0) is 87.3 Å². The molecule has 10 nitrogen and oxygen atoms in total. The van der Waals surface area contributed by atoms with Crippen LogP contribution in [0.15, 0.2) is 79.6 Å². The number of hydrogen-bond donors (Lipinski definition) is 0. The van der Waals surface area contributed by atoms with Crippen LogP contribution in [0.1, 0.15) is 108 Å². The molecule has 0 N–H and O–H groups in total. The molecule has 308 valence electrons. The molecule has 0 fully saturated rings. The van der Waals surface area contributed by atoms with Crippen molar-refractivity contribution in [1.29, 1.82) is 0 Å².